The van der Waals surface area contributed by atoms with Crippen LogP contribution < -0.4 is 20.5 Å². The van der Waals surface area contributed by atoms with Crippen molar-refractivity contribution in [2.75, 3.05) is 20.3 Å². The Labute approximate surface area is 142 Å². The van der Waals surface area contributed by atoms with Gasteiger partial charge in [0.15, 0.2) is 5.96 Å². The monoisotopic (exact) mass is 325 g/mol. The van der Waals surface area contributed by atoms with Crippen LogP contribution in [0.3, 0.4) is 0 Å². The molecule has 0 saturated carbocycles. The summed E-state index contributed by atoms with van der Waals surface area (Å²) in [6.45, 7) is 1.30. The van der Waals surface area contributed by atoms with E-state index in [2.05, 4.69) is 16.4 Å². The van der Waals surface area contributed by atoms with Gasteiger partial charge < -0.3 is 20.5 Å². The van der Waals surface area contributed by atoms with Crippen LogP contribution in [-0.4, -0.2) is 26.2 Å². The zero-order valence-corrected chi connectivity index (χ0v) is 13.9. The van der Waals surface area contributed by atoms with E-state index < -0.39 is 0 Å². The van der Waals surface area contributed by atoms with Gasteiger partial charge in [0, 0.05) is 18.5 Å². The van der Waals surface area contributed by atoms with Gasteiger partial charge in [-0.1, -0.05) is 36.4 Å². The molecule has 0 spiro atoms. The molecule has 3 N–H and O–H groups in total. The Bertz CT molecular complexity index is 715. The summed E-state index contributed by atoms with van der Waals surface area (Å²) < 4.78 is 11.0. The molecule has 0 radical (unpaired) electrons. The van der Waals surface area contributed by atoms with Crippen molar-refractivity contribution in [2.24, 2.45) is 10.7 Å². The molecule has 24 heavy (non-hydrogen) atoms. The molecule has 5 nitrogen and oxygen atoms in total. The minimum atomic E-state index is 0.143. The second-order valence-corrected chi connectivity index (χ2v) is 5.70. The van der Waals surface area contributed by atoms with Crippen LogP contribution in [0.15, 0.2) is 53.5 Å². The highest BCUT2D eigenvalue weighted by atomic mass is 16.5. The molecule has 1 aliphatic rings. The lowest BCUT2D eigenvalue weighted by molar-refractivity contribution is 0.262. The normalized spacial score (nSPS) is 16.9. The van der Waals surface area contributed by atoms with Crippen LogP contribution in [0.2, 0.25) is 0 Å². The molecular weight excluding hydrogens is 302 g/mol. The molecule has 3 rings (SSSR count). The minimum absolute atomic E-state index is 0.143. The van der Waals surface area contributed by atoms with Gasteiger partial charge in [-0.15, -0.1) is 0 Å². The highest BCUT2D eigenvalue weighted by Gasteiger charge is 2.21. The number of fused-ring (bicyclic) bond motifs is 1. The van der Waals surface area contributed by atoms with E-state index in [-0.39, 0.29) is 6.04 Å². The lowest BCUT2D eigenvalue weighted by Crippen LogP contribution is -2.37. The predicted molar refractivity (Wildman–Crippen MR) is 95.6 cm³/mol. The van der Waals surface area contributed by atoms with E-state index in [1.165, 1.54) is 0 Å². The van der Waals surface area contributed by atoms with Crippen molar-refractivity contribution < 1.29 is 9.47 Å². The number of para-hydroxylation sites is 2. The molecule has 0 saturated heterocycles. The number of methoxy groups -OCH3 is 1. The number of hydrogen-bond acceptors (Lipinski definition) is 3. The maximum atomic E-state index is 6.06. The number of rotatable bonds is 5. The summed E-state index contributed by atoms with van der Waals surface area (Å²) in [4.78, 5) is 4.45. The van der Waals surface area contributed by atoms with Crippen molar-refractivity contribution in [1.29, 1.82) is 0 Å². The van der Waals surface area contributed by atoms with Crippen LogP contribution in [0.25, 0.3) is 0 Å². The van der Waals surface area contributed by atoms with E-state index in [0.717, 1.165) is 35.5 Å². The predicted octanol–water partition coefficient (Wildman–Crippen LogP) is 2.67. The van der Waals surface area contributed by atoms with Crippen molar-refractivity contribution in [3.05, 3.63) is 59.7 Å². The third-order valence-corrected chi connectivity index (χ3v) is 4.14. The number of nitrogens with two attached hydrogens (primary N) is 1. The number of hydrogen-bond donors (Lipinski definition) is 2. The highest BCUT2D eigenvalue weighted by Crippen LogP contribution is 2.31. The van der Waals surface area contributed by atoms with Crippen LogP contribution in [0, 0.1) is 0 Å². The first-order valence-corrected chi connectivity index (χ1v) is 8.18. The fourth-order valence-electron chi connectivity index (χ4n) is 2.92. The summed E-state index contributed by atoms with van der Waals surface area (Å²) in [6, 6.07) is 16.2. The number of benzene rings is 2. The molecule has 126 valence electrons. The molecule has 0 amide bonds. The number of aliphatic imine (C=N–C) groups is 1. The Morgan fingerprint density at radius 2 is 2.04 bits per heavy atom. The maximum absolute atomic E-state index is 6.06. The Morgan fingerprint density at radius 1 is 1.25 bits per heavy atom. The lowest BCUT2D eigenvalue weighted by Gasteiger charge is -2.26. The lowest BCUT2D eigenvalue weighted by atomic mass is 10.0. The summed E-state index contributed by atoms with van der Waals surface area (Å²) in [7, 11) is 1.68. The zero-order valence-electron chi connectivity index (χ0n) is 13.9. The summed E-state index contributed by atoms with van der Waals surface area (Å²) in [5.41, 5.74) is 8.33. The number of nitrogens with one attached hydrogen (secondary N) is 1. The van der Waals surface area contributed by atoms with E-state index in [1.54, 1.807) is 7.11 Å². The average Bonchev–Trinajstić information content (AvgIpc) is 2.62. The summed E-state index contributed by atoms with van der Waals surface area (Å²) in [6.07, 6.45) is 1.66. The molecule has 1 aliphatic heterocycles. The average molecular weight is 325 g/mol. The molecule has 1 unspecified atom stereocenters. The van der Waals surface area contributed by atoms with Crippen molar-refractivity contribution in [2.45, 2.75) is 18.9 Å². The van der Waals surface area contributed by atoms with E-state index in [0.29, 0.717) is 19.1 Å². The molecule has 1 atom stereocenters. The van der Waals surface area contributed by atoms with Gasteiger partial charge >= 0.3 is 0 Å². The second kappa shape index (κ2) is 7.73. The van der Waals surface area contributed by atoms with Crippen LogP contribution in [-0.2, 0) is 6.42 Å². The molecule has 0 aromatic heterocycles. The Kier molecular flexibility index (Phi) is 5.21. The first-order chi connectivity index (χ1) is 11.8. The summed E-state index contributed by atoms with van der Waals surface area (Å²) in [5.74, 6) is 2.27. The molecular formula is C19H23N3O2. The number of nitrogens with zero attached hydrogens (tertiary/aromatic N) is 1. The van der Waals surface area contributed by atoms with Crippen molar-refractivity contribution in [3.63, 3.8) is 0 Å². The number of guanidine groups is 1. The van der Waals surface area contributed by atoms with Gasteiger partial charge in [-0.25, -0.2) is 0 Å². The van der Waals surface area contributed by atoms with Gasteiger partial charge in [-0.3, -0.25) is 4.99 Å². The van der Waals surface area contributed by atoms with Crippen LogP contribution >= 0.6 is 0 Å². The molecule has 0 fully saturated rings. The van der Waals surface area contributed by atoms with Gasteiger partial charge in [0.1, 0.15) is 11.5 Å². The molecule has 0 bridgehead atoms. The molecule has 2 aromatic carbocycles. The van der Waals surface area contributed by atoms with Gasteiger partial charge in [-0.05, 0) is 24.1 Å². The van der Waals surface area contributed by atoms with Gasteiger partial charge in [-0.2, -0.15) is 0 Å². The Morgan fingerprint density at radius 3 is 2.92 bits per heavy atom. The standard InChI is InChI=1S/C19H23N3O2/c1-23-17-8-4-2-6-14(17)10-12-21-19(20)22-16-11-13-24-18-9-5-3-7-15(16)18/h2-9,16H,10-13H2,1H3,(H3,20,21,22). The van der Waals surface area contributed by atoms with E-state index in [1.807, 2.05) is 42.5 Å². The van der Waals surface area contributed by atoms with Crippen molar-refractivity contribution in [3.8, 4) is 11.5 Å². The SMILES string of the molecule is COc1ccccc1CCN=C(N)NC1CCOc2ccccc21. The van der Waals surface area contributed by atoms with E-state index in [9.17, 15) is 0 Å². The van der Waals surface area contributed by atoms with Gasteiger partial charge in [0.25, 0.3) is 0 Å². The van der Waals surface area contributed by atoms with Crippen LogP contribution in [0.5, 0.6) is 11.5 Å². The first kappa shape index (κ1) is 16.2. The fraction of sp³-hybridized carbons (Fsp3) is 0.316. The smallest absolute Gasteiger partial charge is 0.189 e. The molecule has 1 heterocycles. The number of ether oxygens (including phenoxy) is 2. The molecule has 0 aliphatic carbocycles. The Balaban J connectivity index is 1.59. The van der Waals surface area contributed by atoms with Crippen LogP contribution in [0.1, 0.15) is 23.6 Å². The maximum Gasteiger partial charge on any atom is 0.189 e. The van der Waals surface area contributed by atoms with Gasteiger partial charge in [0.05, 0.1) is 19.8 Å². The zero-order chi connectivity index (χ0) is 16.8. The minimum Gasteiger partial charge on any atom is -0.496 e. The summed E-state index contributed by atoms with van der Waals surface area (Å²) >= 11 is 0. The Hall–Kier alpha value is -2.69. The van der Waals surface area contributed by atoms with Crippen LogP contribution in [0.4, 0.5) is 0 Å². The van der Waals surface area contributed by atoms with E-state index in [4.69, 9.17) is 15.2 Å². The highest BCUT2D eigenvalue weighted by molar-refractivity contribution is 5.78. The first-order valence-electron chi connectivity index (χ1n) is 8.18. The second-order valence-electron chi connectivity index (χ2n) is 5.70. The summed E-state index contributed by atoms with van der Waals surface area (Å²) in [5, 5.41) is 3.31. The fourth-order valence-corrected chi connectivity index (χ4v) is 2.92. The quantitative estimate of drug-likeness (QED) is 0.655. The third-order valence-electron chi connectivity index (χ3n) is 4.14. The van der Waals surface area contributed by atoms with Gasteiger partial charge in [0.2, 0.25) is 0 Å². The molecule has 2 aromatic rings. The van der Waals surface area contributed by atoms with Crippen molar-refractivity contribution >= 4 is 5.96 Å². The van der Waals surface area contributed by atoms with E-state index >= 15 is 0 Å². The topological polar surface area (TPSA) is 68.9 Å². The third kappa shape index (κ3) is 3.79. The van der Waals surface area contributed by atoms with Crippen molar-refractivity contribution in [1.82, 2.24) is 5.32 Å². The largest absolute Gasteiger partial charge is 0.496 e. The molecule has 5 heteroatoms.